The average Bonchev–Trinajstić information content (AvgIpc) is 2.73. The van der Waals surface area contributed by atoms with Gasteiger partial charge in [-0.15, -0.1) is 0 Å². The molecule has 0 saturated carbocycles. The van der Waals surface area contributed by atoms with Crippen LogP contribution in [0.5, 0.6) is 0 Å². The molecule has 2 N–H and O–H groups in total. The van der Waals surface area contributed by atoms with Crippen LogP contribution in [0.3, 0.4) is 0 Å². The van der Waals surface area contributed by atoms with Crippen LogP contribution >= 0.6 is 0 Å². The highest BCUT2D eigenvalue weighted by molar-refractivity contribution is 5.77. The molecule has 1 heterocycles. The van der Waals surface area contributed by atoms with Crippen molar-refractivity contribution >= 4 is 11.0 Å². The van der Waals surface area contributed by atoms with E-state index in [0.717, 1.165) is 23.1 Å². The number of benzene rings is 1. The first kappa shape index (κ1) is 11.2. The first-order valence-corrected chi connectivity index (χ1v) is 5.54. The van der Waals surface area contributed by atoms with Gasteiger partial charge in [0.05, 0.1) is 11.9 Å². The van der Waals surface area contributed by atoms with Gasteiger partial charge < -0.3 is 14.8 Å². The Balaban J connectivity index is 2.30. The predicted molar refractivity (Wildman–Crippen MR) is 64.3 cm³/mol. The van der Waals surface area contributed by atoms with E-state index in [4.69, 9.17) is 4.42 Å². The van der Waals surface area contributed by atoms with E-state index in [1.807, 2.05) is 31.2 Å². The second-order valence-electron chi connectivity index (χ2n) is 4.23. The molecule has 0 amide bonds. The lowest BCUT2D eigenvalue weighted by molar-refractivity contribution is 0.0577. The molecule has 1 unspecified atom stereocenters. The van der Waals surface area contributed by atoms with Gasteiger partial charge in [0.25, 0.3) is 0 Å². The maximum Gasteiger partial charge on any atom is 0.134 e. The molecule has 0 fully saturated rings. The molecule has 1 aromatic heterocycles. The lowest BCUT2D eigenvalue weighted by Gasteiger charge is -2.24. The quantitative estimate of drug-likeness (QED) is 0.829. The second-order valence-corrected chi connectivity index (χ2v) is 4.23. The van der Waals surface area contributed by atoms with Crippen LogP contribution in [0.2, 0.25) is 0 Å². The summed E-state index contributed by atoms with van der Waals surface area (Å²) in [6.45, 7) is 5.21. The fraction of sp³-hybridized carbons (Fsp3) is 0.385. The Morgan fingerprint density at radius 2 is 2.19 bits per heavy atom. The molecule has 0 bridgehead atoms. The highest BCUT2D eigenvalue weighted by Crippen LogP contribution is 2.24. The van der Waals surface area contributed by atoms with E-state index in [0.29, 0.717) is 6.54 Å². The minimum Gasteiger partial charge on any atom is -0.464 e. The van der Waals surface area contributed by atoms with E-state index >= 15 is 0 Å². The molecule has 0 aliphatic rings. The van der Waals surface area contributed by atoms with Crippen LogP contribution in [0, 0.1) is 0 Å². The summed E-state index contributed by atoms with van der Waals surface area (Å²) in [7, 11) is 0. The van der Waals surface area contributed by atoms with Crippen molar-refractivity contribution in [2.45, 2.75) is 19.4 Å². The molecule has 3 heteroatoms. The normalized spacial score (nSPS) is 15.2. The summed E-state index contributed by atoms with van der Waals surface area (Å²) >= 11 is 0. The topological polar surface area (TPSA) is 45.4 Å². The molecule has 1 atom stereocenters. The van der Waals surface area contributed by atoms with E-state index in [1.54, 1.807) is 13.2 Å². The van der Waals surface area contributed by atoms with Crippen LogP contribution in [-0.2, 0) is 5.60 Å². The maximum absolute atomic E-state index is 10.3. The summed E-state index contributed by atoms with van der Waals surface area (Å²) in [6, 6.07) is 7.72. The summed E-state index contributed by atoms with van der Waals surface area (Å²) in [5.41, 5.74) is 0.821. The van der Waals surface area contributed by atoms with Crippen LogP contribution < -0.4 is 5.32 Å². The highest BCUT2D eigenvalue weighted by Gasteiger charge is 2.22. The van der Waals surface area contributed by atoms with Crippen LogP contribution in [0.4, 0.5) is 0 Å². The number of nitrogens with one attached hydrogen (secondary N) is 1. The number of furan rings is 1. The summed E-state index contributed by atoms with van der Waals surface area (Å²) in [4.78, 5) is 0. The first-order valence-electron chi connectivity index (χ1n) is 5.54. The van der Waals surface area contributed by atoms with Gasteiger partial charge in [-0.25, -0.2) is 0 Å². The number of hydrogen-bond acceptors (Lipinski definition) is 3. The molecular weight excluding hydrogens is 202 g/mol. The summed E-state index contributed by atoms with van der Waals surface area (Å²) in [5.74, 6) is 0. The van der Waals surface area contributed by atoms with Gasteiger partial charge in [0, 0.05) is 11.9 Å². The lowest BCUT2D eigenvalue weighted by atomic mass is 9.95. The summed E-state index contributed by atoms with van der Waals surface area (Å²) in [5, 5.41) is 14.5. The van der Waals surface area contributed by atoms with E-state index in [9.17, 15) is 5.11 Å². The number of rotatable bonds is 4. The predicted octanol–water partition coefficient (Wildman–Crippen LogP) is 2.25. The van der Waals surface area contributed by atoms with Crippen molar-refractivity contribution in [3.8, 4) is 0 Å². The standard InChI is InChI=1S/C13H17NO2/c1-3-14-9-13(2,15)11-5-4-10-6-7-16-12(10)8-11/h4-8,14-15H,3,9H2,1-2H3. The molecule has 0 saturated heterocycles. The molecule has 0 radical (unpaired) electrons. The van der Waals surface area contributed by atoms with Crippen molar-refractivity contribution in [3.05, 3.63) is 36.1 Å². The number of likely N-dealkylation sites (N-methyl/N-ethyl adjacent to an activating group) is 1. The van der Waals surface area contributed by atoms with Crippen molar-refractivity contribution in [2.75, 3.05) is 13.1 Å². The van der Waals surface area contributed by atoms with Crippen molar-refractivity contribution in [1.29, 1.82) is 0 Å². The molecule has 1 aromatic carbocycles. The van der Waals surface area contributed by atoms with Crippen LogP contribution in [0.25, 0.3) is 11.0 Å². The van der Waals surface area contributed by atoms with E-state index < -0.39 is 5.60 Å². The molecular formula is C13H17NO2. The zero-order valence-electron chi connectivity index (χ0n) is 9.66. The van der Waals surface area contributed by atoms with Crippen molar-refractivity contribution in [3.63, 3.8) is 0 Å². The zero-order valence-corrected chi connectivity index (χ0v) is 9.66. The smallest absolute Gasteiger partial charge is 0.134 e. The molecule has 2 rings (SSSR count). The number of fused-ring (bicyclic) bond motifs is 1. The first-order chi connectivity index (χ1) is 7.63. The van der Waals surface area contributed by atoms with Gasteiger partial charge in [-0.3, -0.25) is 0 Å². The minimum absolute atomic E-state index is 0.537. The highest BCUT2D eigenvalue weighted by atomic mass is 16.3. The molecule has 0 spiro atoms. The third kappa shape index (κ3) is 2.10. The van der Waals surface area contributed by atoms with E-state index in [1.165, 1.54) is 0 Å². The lowest BCUT2D eigenvalue weighted by Crippen LogP contribution is -2.35. The van der Waals surface area contributed by atoms with E-state index in [-0.39, 0.29) is 0 Å². The largest absolute Gasteiger partial charge is 0.464 e. The third-order valence-electron chi connectivity index (χ3n) is 2.80. The fourth-order valence-electron chi connectivity index (χ4n) is 1.76. The van der Waals surface area contributed by atoms with Gasteiger partial charge in [-0.05, 0) is 31.2 Å². The SMILES string of the molecule is CCNCC(C)(O)c1ccc2ccoc2c1. The maximum atomic E-state index is 10.3. The zero-order chi connectivity index (χ0) is 11.6. The number of hydrogen-bond donors (Lipinski definition) is 2. The Labute approximate surface area is 95.1 Å². The second kappa shape index (κ2) is 4.28. The molecule has 0 aliphatic heterocycles. The third-order valence-corrected chi connectivity index (χ3v) is 2.80. The van der Waals surface area contributed by atoms with Crippen LogP contribution in [0.1, 0.15) is 19.4 Å². The Morgan fingerprint density at radius 3 is 2.94 bits per heavy atom. The Bertz CT molecular complexity index is 473. The van der Waals surface area contributed by atoms with Gasteiger partial charge >= 0.3 is 0 Å². The van der Waals surface area contributed by atoms with Crippen LogP contribution in [-0.4, -0.2) is 18.2 Å². The molecule has 86 valence electrons. The van der Waals surface area contributed by atoms with Gasteiger partial charge in [0.2, 0.25) is 0 Å². The molecule has 16 heavy (non-hydrogen) atoms. The van der Waals surface area contributed by atoms with Gasteiger partial charge in [0.1, 0.15) is 5.58 Å². The van der Waals surface area contributed by atoms with Crippen LogP contribution in [0.15, 0.2) is 34.9 Å². The molecule has 0 aliphatic carbocycles. The average molecular weight is 219 g/mol. The van der Waals surface area contributed by atoms with Gasteiger partial charge in [-0.2, -0.15) is 0 Å². The fourth-order valence-corrected chi connectivity index (χ4v) is 1.76. The van der Waals surface area contributed by atoms with Crippen molar-refractivity contribution in [1.82, 2.24) is 5.32 Å². The van der Waals surface area contributed by atoms with Crippen molar-refractivity contribution < 1.29 is 9.52 Å². The summed E-state index contributed by atoms with van der Waals surface area (Å²) < 4.78 is 5.33. The number of aliphatic hydroxyl groups is 1. The monoisotopic (exact) mass is 219 g/mol. The Morgan fingerprint density at radius 1 is 1.38 bits per heavy atom. The van der Waals surface area contributed by atoms with Gasteiger partial charge in [-0.1, -0.05) is 19.1 Å². The Hall–Kier alpha value is -1.32. The van der Waals surface area contributed by atoms with E-state index in [2.05, 4.69) is 5.32 Å². The van der Waals surface area contributed by atoms with Gasteiger partial charge in [0.15, 0.2) is 0 Å². The Kier molecular flexibility index (Phi) is 2.99. The minimum atomic E-state index is -0.864. The molecule has 3 nitrogen and oxygen atoms in total. The van der Waals surface area contributed by atoms with Crippen molar-refractivity contribution in [2.24, 2.45) is 0 Å². The summed E-state index contributed by atoms with van der Waals surface area (Å²) in [6.07, 6.45) is 1.66. The molecule has 2 aromatic rings.